The lowest BCUT2D eigenvalue weighted by Gasteiger charge is -2.20. The van der Waals surface area contributed by atoms with Crippen LogP contribution in [-0.4, -0.2) is 33.6 Å². The van der Waals surface area contributed by atoms with Crippen molar-refractivity contribution < 1.29 is 19.8 Å². The van der Waals surface area contributed by atoms with E-state index in [0.717, 1.165) is 16.5 Å². The van der Waals surface area contributed by atoms with Crippen LogP contribution < -0.4 is 10.4 Å². The molecule has 3 rings (SSSR count). The molecule has 0 spiro atoms. The van der Waals surface area contributed by atoms with E-state index in [4.69, 9.17) is 0 Å². The maximum Gasteiger partial charge on any atom is 0.253 e. The summed E-state index contributed by atoms with van der Waals surface area (Å²) in [5.74, 6) is 3.49. The molecule has 6 nitrogen and oxygen atoms in total. The number of carbonyl (C=O) groups excluding carboxylic acids is 2. The number of para-hydroxylation sites is 1. The summed E-state index contributed by atoms with van der Waals surface area (Å²) in [7, 11) is 0. The molecule has 2 aromatic carbocycles. The first-order chi connectivity index (χ1) is 13.7. The number of carbonyl (C=O) groups is 2. The third-order valence-electron chi connectivity index (χ3n) is 4.36. The van der Waals surface area contributed by atoms with Crippen molar-refractivity contribution >= 4 is 22.8 Å². The molecule has 3 aromatic rings. The normalized spacial score (nSPS) is 12.1. The molecule has 29 heavy (non-hydrogen) atoms. The Bertz CT molecular complexity index is 1110. The number of aliphatic hydroxyl groups is 1. The van der Waals surface area contributed by atoms with E-state index in [1.54, 1.807) is 30.5 Å². The predicted molar refractivity (Wildman–Crippen MR) is 108 cm³/mol. The Hall–Kier alpha value is -3.56. The summed E-state index contributed by atoms with van der Waals surface area (Å²) in [6, 6.07) is 12.9. The van der Waals surface area contributed by atoms with Gasteiger partial charge in [-0.15, -0.1) is 0 Å². The number of aromatic nitrogens is 1. The second-order valence-corrected chi connectivity index (χ2v) is 7.26. The molecule has 0 saturated heterocycles. The summed E-state index contributed by atoms with van der Waals surface area (Å²) in [4.78, 5) is 27.5. The number of carboxylic acid groups (broad SMARTS) is 1. The Morgan fingerprint density at radius 2 is 1.86 bits per heavy atom. The van der Waals surface area contributed by atoms with Crippen LogP contribution in [0, 0.1) is 11.8 Å². The van der Waals surface area contributed by atoms with Gasteiger partial charge in [-0.25, -0.2) is 0 Å². The molecule has 0 aliphatic rings. The van der Waals surface area contributed by atoms with Gasteiger partial charge in [0.1, 0.15) is 5.60 Å². The quantitative estimate of drug-likeness (QED) is 0.573. The van der Waals surface area contributed by atoms with E-state index in [-0.39, 0.29) is 12.0 Å². The van der Waals surface area contributed by atoms with Gasteiger partial charge in [-0.05, 0) is 37.6 Å². The molecule has 0 aliphatic heterocycles. The third-order valence-corrected chi connectivity index (χ3v) is 4.36. The molecular formula is C23H21N2O4-. The molecule has 1 heterocycles. The first-order valence-corrected chi connectivity index (χ1v) is 9.16. The van der Waals surface area contributed by atoms with Crippen molar-refractivity contribution in [3.63, 3.8) is 0 Å². The summed E-state index contributed by atoms with van der Waals surface area (Å²) in [6.07, 6.45) is 1.81. The number of benzene rings is 2. The second-order valence-electron chi connectivity index (χ2n) is 7.26. The highest BCUT2D eigenvalue weighted by molar-refractivity contribution is 5.98. The number of carboxylic acids is 1. The average molecular weight is 389 g/mol. The third kappa shape index (κ3) is 5.03. The SMILES string of the molecule is CC(C)(O)C#Cc1ccccc1C(=O)N[C@@H](Cc1c[nH]c2ccccc12)C(=O)[O-]. The number of aromatic amines is 1. The minimum atomic E-state index is -1.37. The lowest BCUT2D eigenvalue weighted by molar-refractivity contribution is -0.308. The molecule has 3 N–H and O–H groups in total. The van der Waals surface area contributed by atoms with Crippen LogP contribution in [0.2, 0.25) is 0 Å². The number of rotatable bonds is 5. The van der Waals surface area contributed by atoms with Crippen LogP contribution in [0.1, 0.15) is 35.3 Å². The molecule has 1 amide bonds. The summed E-state index contributed by atoms with van der Waals surface area (Å²) in [5, 5.41) is 24.9. The van der Waals surface area contributed by atoms with E-state index < -0.39 is 23.5 Å². The van der Waals surface area contributed by atoms with Gasteiger partial charge in [0.15, 0.2) is 0 Å². The van der Waals surface area contributed by atoms with Crippen molar-refractivity contribution in [1.82, 2.24) is 10.3 Å². The van der Waals surface area contributed by atoms with E-state index in [1.807, 2.05) is 24.3 Å². The number of fused-ring (bicyclic) bond motifs is 1. The van der Waals surface area contributed by atoms with Crippen molar-refractivity contribution in [2.24, 2.45) is 0 Å². The van der Waals surface area contributed by atoms with Gasteiger partial charge >= 0.3 is 0 Å². The van der Waals surface area contributed by atoms with Gasteiger partial charge in [-0.1, -0.05) is 42.2 Å². The van der Waals surface area contributed by atoms with Crippen LogP contribution >= 0.6 is 0 Å². The van der Waals surface area contributed by atoms with Crippen LogP contribution in [0.4, 0.5) is 0 Å². The Balaban J connectivity index is 1.84. The predicted octanol–water partition coefficient (Wildman–Crippen LogP) is 1.38. The van der Waals surface area contributed by atoms with Crippen LogP contribution in [-0.2, 0) is 11.2 Å². The first kappa shape index (κ1) is 20.2. The molecule has 0 aliphatic carbocycles. The molecular weight excluding hydrogens is 368 g/mol. The van der Waals surface area contributed by atoms with Crippen molar-refractivity contribution in [2.45, 2.75) is 31.9 Å². The van der Waals surface area contributed by atoms with Gasteiger partial charge in [0, 0.05) is 29.1 Å². The fourth-order valence-corrected chi connectivity index (χ4v) is 2.96. The van der Waals surface area contributed by atoms with Gasteiger partial charge < -0.3 is 25.3 Å². The van der Waals surface area contributed by atoms with Gasteiger partial charge in [0.05, 0.1) is 17.6 Å². The van der Waals surface area contributed by atoms with E-state index in [2.05, 4.69) is 22.1 Å². The number of aliphatic carboxylic acids is 1. The lowest BCUT2D eigenvalue weighted by Crippen LogP contribution is -2.49. The van der Waals surface area contributed by atoms with Crippen molar-refractivity contribution in [3.8, 4) is 11.8 Å². The van der Waals surface area contributed by atoms with E-state index in [0.29, 0.717) is 5.56 Å². The smallest absolute Gasteiger partial charge is 0.253 e. The standard InChI is InChI=1S/C23H22N2O4/c1-23(2,29)12-11-15-7-3-4-9-18(15)21(26)25-20(22(27)28)13-16-14-24-19-10-6-5-8-17(16)19/h3-10,14,20,24,29H,13H2,1-2H3,(H,25,26)(H,27,28)/p-1/t20-/m0/s1. The Morgan fingerprint density at radius 1 is 1.17 bits per heavy atom. The van der Waals surface area contributed by atoms with Crippen molar-refractivity contribution in [2.75, 3.05) is 0 Å². The monoisotopic (exact) mass is 389 g/mol. The Morgan fingerprint density at radius 3 is 2.59 bits per heavy atom. The number of amides is 1. The van der Waals surface area contributed by atoms with Gasteiger partial charge in [0.2, 0.25) is 0 Å². The lowest BCUT2D eigenvalue weighted by atomic mass is 10.0. The highest BCUT2D eigenvalue weighted by Gasteiger charge is 2.19. The highest BCUT2D eigenvalue weighted by atomic mass is 16.4. The maximum absolute atomic E-state index is 12.8. The molecule has 0 unspecified atom stereocenters. The zero-order valence-electron chi connectivity index (χ0n) is 16.2. The van der Waals surface area contributed by atoms with Gasteiger partial charge in [-0.2, -0.15) is 0 Å². The van der Waals surface area contributed by atoms with E-state index in [1.165, 1.54) is 13.8 Å². The van der Waals surface area contributed by atoms with Crippen molar-refractivity contribution in [3.05, 3.63) is 71.4 Å². The van der Waals surface area contributed by atoms with E-state index in [9.17, 15) is 19.8 Å². The zero-order chi connectivity index (χ0) is 21.0. The zero-order valence-corrected chi connectivity index (χ0v) is 16.2. The molecule has 0 radical (unpaired) electrons. The van der Waals surface area contributed by atoms with Crippen LogP contribution in [0.25, 0.3) is 10.9 Å². The largest absolute Gasteiger partial charge is 0.548 e. The Labute approximate surface area is 168 Å². The van der Waals surface area contributed by atoms with Crippen LogP contribution in [0.3, 0.4) is 0 Å². The maximum atomic E-state index is 12.8. The van der Waals surface area contributed by atoms with Crippen LogP contribution in [0.5, 0.6) is 0 Å². The van der Waals surface area contributed by atoms with Gasteiger partial charge in [0.25, 0.3) is 5.91 Å². The highest BCUT2D eigenvalue weighted by Crippen LogP contribution is 2.19. The topological polar surface area (TPSA) is 105 Å². The summed E-state index contributed by atoms with van der Waals surface area (Å²) in [5.41, 5.74) is 1.07. The molecule has 0 saturated carbocycles. The number of nitrogens with one attached hydrogen (secondary N) is 2. The summed E-state index contributed by atoms with van der Waals surface area (Å²) in [6.45, 7) is 3.08. The molecule has 148 valence electrons. The van der Waals surface area contributed by atoms with E-state index >= 15 is 0 Å². The number of H-pyrrole nitrogens is 1. The first-order valence-electron chi connectivity index (χ1n) is 9.16. The average Bonchev–Trinajstić information content (AvgIpc) is 3.08. The molecule has 1 atom stereocenters. The number of hydrogen-bond acceptors (Lipinski definition) is 4. The fourth-order valence-electron chi connectivity index (χ4n) is 2.96. The van der Waals surface area contributed by atoms with Crippen LogP contribution in [0.15, 0.2) is 54.7 Å². The van der Waals surface area contributed by atoms with Crippen molar-refractivity contribution in [1.29, 1.82) is 0 Å². The Kier molecular flexibility index (Phi) is 5.71. The molecule has 1 aromatic heterocycles. The molecule has 6 heteroatoms. The summed E-state index contributed by atoms with van der Waals surface area (Å²) >= 11 is 0. The molecule has 0 bridgehead atoms. The fraction of sp³-hybridized carbons (Fsp3) is 0.217. The summed E-state index contributed by atoms with van der Waals surface area (Å²) < 4.78 is 0. The van der Waals surface area contributed by atoms with Gasteiger partial charge in [-0.3, -0.25) is 4.79 Å². The number of hydrogen-bond donors (Lipinski definition) is 3. The molecule has 0 fully saturated rings. The minimum Gasteiger partial charge on any atom is -0.548 e. The minimum absolute atomic E-state index is 0.0790. The second kappa shape index (κ2) is 8.21.